The number of halogens is 1. The lowest BCUT2D eigenvalue weighted by Crippen LogP contribution is -2.12. The Balaban J connectivity index is 1.46. The molecule has 204 valence electrons. The lowest BCUT2D eigenvalue weighted by Gasteiger charge is -2.18. The fourth-order valence-corrected chi connectivity index (χ4v) is 6.32. The third kappa shape index (κ3) is 5.97. The number of fused-ring (bicyclic) bond motifs is 1. The Kier molecular flexibility index (Phi) is 8.37. The molecule has 0 fully saturated rings. The molecule has 8 nitrogen and oxygen atoms in total. The van der Waals surface area contributed by atoms with Crippen LogP contribution < -0.4 is 9.47 Å². The quantitative estimate of drug-likeness (QED) is 0.0908. The Labute approximate surface area is 244 Å². The maximum absolute atomic E-state index is 11.7. The molecule has 0 aliphatic heterocycles. The van der Waals surface area contributed by atoms with Crippen molar-refractivity contribution in [3.63, 3.8) is 0 Å². The summed E-state index contributed by atoms with van der Waals surface area (Å²) in [5.74, 6) is 1.71. The molecule has 0 saturated heterocycles. The molecule has 0 amide bonds. The van der Waals surface area contributed by atoms with Crippen LogP contribution in [-0.2, 0) is 6.61 Å². The normalized spacial score (nSPS) is 11.9. The number of aryl methyl sites for hydroxylation is 2. The van der Waals surface area contributed by atoms with Gasteiger partial charge < -0.3 is 9.47 Å². The van der Waals surface area contributed by atoms with Crippen molar-refractivity contribution in [1.82, 2.24) is 14.8 Å². The van der Waals surface area contributed by atoms with Crippen molar-refractivity contribution >= 4 is 38.5 Å². The lowest BCUT2D eigenvalue weighted by atomic mass is 10.1. The van der Waals surface area contributed by atoms with Gasteiger partial charge in [0.2, 0.25) is 6.54 Å². The number of aromatic nitrogens is 3. The van der Waals surface area contributed by atoms with Crippen molar-refractivity contribution in [2.24, 2.45) is 0 Å². The number of nitrogens with zero attached hydrogens (tertiary/aromatic N) is 4. The van der Waals surface area contributed by atoms with Crippen molar-refractivity contribution in [3.8, 4) is 17.2 Å². The van der Waals surface area contributed by atoms with E-state index in [2.05, 4.69) is 44.3 Å². The molecule has 0 bridgehead atoms. The smallest absolute Gasteiger partial charge is 0.220 e. The first kappa shape index (κ1) is 27.7. The van der Waals surface area contributed by atoms with Crippen molar-refractivity contribution in [3.05, 3.63) is 116 Å². The molecular weight excluding hydrogens is 592 g/mol. The van der Waals surface area contributed by atoms with E-state index in [-0.39, 0.29) is 11.5 Å². The summed E-state index contributed by atoms with van der Waals surface area (Å²) in [6, 6.07) is 25.9. The van der Waals surface area contributed by atoms with Crippen LogP contribution in [-0.4, -0.2) is 33.3 Å². The Morgan fingerprint density at radius 3 is 2.58 bits per heavy atom. The van der Waals surface area contributed by atoms with Crippen LogP contribution in [0.15, 0.2) is 88.5 Å². The second-order valence-electron chi connectivity index (χ2n) is 9.29. The SMILES string of the molecule is COc1cc([C@@H](C[N+](=O)[O-])Sc2nnc(C)n2-c2cccc(C)c2)cc(Br)c1OCc1cccc2ccccc12. The van der Waals surface area contributed by atoms with Crippen LogP contribution in [0.25, 0.3) is 16.5 Å². The molecule has 0 N–H and O–H groups in total. The van der Waals surface area contributed by atoms with E-state index < -0.39 is 5.25 Å². The molecule has 0 aliphatic carbocycles. The Morgan fingerprint density at radius 1 is 1.02 bits per heavy atom. The molecule has 10 heteroatoms. The summed E-state index contributed by atoms with van der Waals surface area (Å²) in [6.07, 6.45) is 0. The molecule has 0 unspecified atom stereocenters. The second kappa shape index (κ2) is 12.1. The van der Waals surface area contributed by atoms with Gasteiger partial charge in [0.25, 0.3) is 0 Å². The van der Waals surface area contributed by atoms with E-state index in [9.17, 15) is 10.1 Å². The van der Waals surface area contributed by atoms with Gasteiger partial charge >= 0.3 is 0 Å². The third-order valence-corrected chi connectivity index (χ3v) is 8.26. The molecule has 1 heterocycles. The second-order valence-corrected chi connectivity index (χ2v) is 11.3. The molecule has 5 rings (SSSR count). The Bertz CT molecular complexity index is 1680. The minimum atomic E-state index is -0.556. The standard InChI is InChI=1S/C30H27BrN4O4S/c1-19-8-6-12-24(14-19)35-20(2)32-33-30(35)40-28(17-34(36)37)23-15-26(31)29(27(16-23)38-3)39-18-22-11-7-10-21-9-4-5-13-25(21)22/h4-16,28H,17-18H2,1-3H3/t28-/m1/s1. The van der Waals surface area contributed by atoms with Crippen LogP contribution in [0.5, 0.6) is 11.5 Å². The van der Waals surface area contributed by atoms with Gasteiger partial charge in [0.15, 0.2) is 16.7 Å². The van der Waals surface area contributed by atoms with Gasteiger partial charge in [-0.05, 0) is 81.5 Å². The summed E-state index contributed by atoms with van der Waals surface area (Å²) in [4.78, 5) is 11.4. The van der Waals surface area contributed by atoms with E-state index in [4.69, 9.17) is 9.47 Å². The summed E-state index contributed by atoms with van der Waals surface area (Å²) in [7, 11) is 1.56. The molecule has 0 aliphatic rings. The predicted molar refractivity (Wildman–Crippen MR) is 160 cm³/mol. The van der Waals surface area contributed by atoms with Gasteiger partial charge in [-0.25, -0.2) is 0 Å². The number of hydrogen-bond acceptors (Lipinski definition) is 7. The largest absolute Gasteiger partial charge is 0.493 e. The fourth-order valence-electron chi connectivity index (χ4n) is 4.59. The van der Waals surface area contributed by atoms with Crippen LogP contribution in [0.4, 0.5) is 0 Å². The molecule has 0 radical (unpaired) electrons. The first-order valence-electron chi connectivity index (χ1n) is 12.6. The summed E-state index contributed by atoms with van der Waals surface area (Å²) >= 11 is 4.92. The monoisotopic (exact) mass is 618 g/mol. The molecular formula is C30H27BrN4O4S. The Hall–Kier alpha value is -3.89. The summed E-state index contributed by atoms with van der Waals surface area (Å²) in [5.41, 5.74) is 3.75. The molecule has 1 aromatic heterocycles. The fraction of sp³-hybridized carbons (Fsp3) is 0.200. The molecule has 0 saturated carbocycles. The molecule has 4 aromatic carbocycles. The zero-order valence-corrected chi connectivity index (χ0v) is 24.6. The average molecular weight is 620 g/mol. The van der Waals surface area contributed by atoms with Crippen LogP contribution in [0.1, 0.15) is 27.8 Å². The number of benzene rings is 4. The number of ether oxygens (including phenoxy) is 2. The highest BCUT2D eigenvalue weighted by atomic mass is 79.9. The molecule has 5 aromatic rings. The van der Waals surface area contributed by atoms with Gasteiger partial charge in [0, 0.05) is 10.6 Å². The number of thioether (sulfide) groups is 1. The minimum Gasteiger partial charge on any atom is -0.493 e. The number of nitro groups is 1. The van der Waals surface area contributed by atoms with Crippen LogP contribution >= 0.6 is 27.7 Å². The maximum atomic E-state index is 11.7. The van der Waals surface area contributed by atoms with Crippen LogP contribution in [0.2, 0.25) is 0 Å². The van der Waals surface area contributed by atoms with Gasteiger partial charge in [0.1, 0.15) is 17.7 Å². The summed E-state index contributed by atoms with van der Waals surface area (Å²) < 4.78 is 14.5. The molecule has 40 heavy (non-hydrogen) atoms. The van der Waals surface area contributed by atoms with Gasteiger partial charge in [-0.2, -0.15) is 0 Å². The first-order valence-corrected chi connectivity index (χ1v) is 14.3. The van der Waals surface area contributed by atoms with Crippen LogP contribution in [0, 0.1) is 24.0 Å². The van der Waals surface area contributed by atoms with E-state index in [1.165, 1.54) is 11.8 Å². The number of hydrogen-bond donors (Lipinski definition) is 0. The van der Waals surface area contributed by atoms with E-state index in [1.54, 1.807) is 13.2 Å². The first-order chi connectivity index (χ1) is 19.3. The maximum Gasteiger partial charge on any atom is 0.220 e. The zero-order chi connectivity index (χ0) is 28.2. The lowest BCUT2D eigenvalue weighted by molar-refractivity contribution is -0.479. The average Bonchev–Trinajstić information content (AvgIpc) is 3.30. The van der Waals surface area contributed by atoms with Crippen molar-refractivity contribution in [2.75, 3.05) is 13.7 Å². The highest BCUT2D eigenvalue weighted by Gasteiger charge is 2.26. The predicted octanol–water partition coefficient (Wildman–Crippen LogP) is 7.50. The summed E-state index contributed by atoms with van der Waals surface area (Å²) in [6.45, 7) is 3.90. The highest BCUT2D eigenvalue weighted by Crippen LogP contribution is 2.43. The number of methoxy groups -OCH3 is 1. The highest BCUT2D eigenvalue weighted by molar-refractivity contribution is 9.10. The Morgan fingerprint density at radius 2 is 1.80 bits per heavy atom. The minimum absolute atomic E-state index is 0.309. The van der Waals surface area contributed by atoms with Gasteiger partial charge in [0.05, 0.1) is 11.6 Å². The van der Waals surface area contributed by atoms with Crippen molar-refractivity contribution in [1.29, 1.82) is 0 Å². The number of rotatable bonds is 10. The van der Waals surface area contributed by atoms with E-state index in [1.807, 2.05) is 73.0 Å². The molecule has 0 spiro atoms. The van der Waals surface area contributed by atoms with Gasteiger partial charge in [-0.15, -0.1) is 10.2 Å². The van der Waals surface area contributed by atoms with Crippen molar-refractivity contribution < 1.29 is 14.4 Å². The van der Waals surface area contributed by atoms with Gasteiger partial charge in [-0.1, -0.05) is 66.4 Å². The third-order valence-electron chi connectivity index (χ3n) is 6.49. The summed E-state index contributed by atoms with van der Waals surface area (Å²) in [5, 5.41) is 22.6. The zero-order valence-electron chi connectivity index (χ0n) is 22.2. The molecule has 1 atom stereocenters. The van der Waals surface area contributed by atoms with Crippen LogP contribution in [0.3, 0.4) is 0 Å². The topological polar surface area (TPSA) is 92.3 Å². The van der Waals surface area contributed by atoms with Gasteiger partial charge in [-0.3, -0.25) is 14.7 Å². The van der Waals surface area contributed by atoms with E-state index >= 15 is 0 Å². The van der Waals surface area contributed by atoms with E-state index in [0.29, 0.717) is 39.1 Å². The van der Waals surface area contributed by atoms with E-state index in [0.717, 1.165) is 27.6 Å². The van der Waals surface area contributed by atoms with Crippen molar-refractivity contribution in [2.45, 2.75) is 30.9 Å².